The number of H-pyrrole nitrogens is 1. The highest BCUT2D eigenvalue weighted by Crippen LogP contribution is 2.27. The summed E-state index contributed by atoms with van der Waals surface area (Å²) in [6.07, 6.45) is 0.292. The Hall–Kier alpha value is -3.90. The first-order valence-corrected chi connectivity index (χ1v) is 11.2. The molecule has 1 N–H and O–H groups in total. The quantitative estimate of drug-likeness (QED) is 0.368. The predicted octanol–water partition coefficient (Wildman–Crippen LogP) is 4.74. The maximum atomic E-state index is 13.2. The van der Waals surface area contributed by atoms with Gasteiger partial charge in [-0.3, -0.25) is 9.69 Å². The Balaban J connectivity index is 1.77. The maximum absolute atomic E-state index is 13.2. The number of carbonyl (C=O) groups is 2. The van der Waals surface area contributed by atoms with Crippen LogP contribution in [0.1, 0.15) is 27.2 Å². The number of nitrogens with one attached hydrogen (secondary N) is 1. The van der Waals surface area contributed by atoms with Crippen LogP contribution >= 0.6 is 0 Å². The molecule has 3 aromatic carbocycles. The molecule has 0 saturated heterocycles. The summed E-state index contributed by atoms with van der Waals surface area (Å²) in [5, 5.41) is 0.885. The standard InChI is InChI=1S/C28H28N2O4/c1-33-27(31)25(17-23-22-15-9-10-16-24(22)29-26(23)28(32)34-2)30(18-20-11-5-3-6-12-20)19-21-13-7-4-8-14-21/h3-16,25,29H,17-19H2,1-2H3/t25-/m1/s1. The van der Waals surface area contributed by atoms with Gasteiger partial charge in [0.05, 0.1) is 14.2 Å². The molecule has 1 atom stereocenters. The molecule has 0 fully saturated rings. The van der Waals surface area contributed by atoms with Gasteiger partial charge in [-0.05, 0) is 22.8 Å². The lowest BCUT2D eigenvalue weighted by molar-refractivity contribution is -0.147. The van der Waals surface area contributed by atoms with E-state index in [1.165, 1.54) is 14.2 Å². The number of methoxy groups -OCH3 is 2. The number of aromatic amines is 1. The predicted molar refractivity (Wildman–Crippen MR) is 131 cm³/mol. The highest BCUT2D eigenvalue weighted by Gasteiger charge is 2.31. The molecule has 1 heterocycles. The molecule has 0 bridgehead atoms. The van der Waals surface area contributed by atoms with Crippen molar-refractivity contribution in [3.05, 3.63) is 107 Å². The first kappa shape index (κ1) is 23.3. The van der Waals surface area contributed by atoms with Gasteiger partial charge < -0.3 is 14.5 Å². The van der Waals surface area contributed by atoms with E-state index in [-0.39, 0.29) is 5.97 Å². The number of fused-ring (bicyclic) bond motifs is 1. The lowest BCUT2D eigenvalue weighted by Gasteiger charge is -2.30. The zero-order valence-corrected chi connectivity index (χ0v) is 19.4. The SMILES string of the molecule is COC(=O)c1[nH]c2ccccc2c1C[C@H](C(=O)OC)N(Cc1ccccc1)Cc1ccccc1. The summed E-state index contributed by atoms with van der Waals surface area (Å²) in [5.41, 5.74) is 4.08. The van der Waals surface area contributed by atoms with Gasteiger partial charge in [-0.2, -0.15) is 0 Å². The van der Waals surface area contributed by atoms with Crippen LogP contribution < -0.4 is 0 Å². The van der Waals surface area contributed by atoms with E-state index in [0.717, 1.165) is 27.6 Å². The molecule has 0 aliphatic carbocycles. The van der Waals surface area contributed by atoms with Crippen LogP contribution in [-0.2, 0) is 33.8 Å². The Morgan fingerprint density at radius 1 is 0.794 bits per heavy atom. The van der Waals surface area contributed by atoms with Crippen molar-refractivity contribution in [3.63, 3.8) is 0 Å². The Bertz CT molecular complexity index is 1210. The number of rotatable bonds is 9. The molecular formula is C28H28N2O4. The molecule has 1 aromatic heterocycles. The van der Waals surface area contributed by atoms with Gasteiger partial charge in [0.15, 0.2) is 0 Å². The highest BCUT2D eigenvalue weighted by molar-refractivity contribution is 5.98. The molecular weight excluding hydrogens is 428 g/mol. The van der Waals surface area contributed by atoms with E-state index in [0.29, 0.717) is 25.2 Å². The van der Waals surface area contributed by atoms with E-state index in [1.54, 1.807) is 0 Å². The van der Waals surface area contributed by atoms with Gasteiger partial charge in [-0.1, -0.05) is 78.9 Å². The number of hydrogen-bond acceptors (Lipinski definition) is 5. The average Bonchev–Trinajstić information content (AvgIpc) is 3.25. The molecule has 6 nitrogen and oxygen atoms in total. The van der Waals surface area contributed by atoms with Gasteiger partial charge >= 0.3 is 11.9 Å². The van der Waals surface area contributed by atoms with Crippen molar-refractivity contribution in [2.75, 3.05) is 14.2 Å². The second-order valence-electron chi connectivity index (χ2n) is 8.13. The Morgan fingerprint density at radius 2 is 1.35 bits per heavy atom. The van der Waals surface area contributed by atoms with Crippen molar-refractivity contribution in [1.82, 2.24) is 9.88 Å². The Kier molecular flexibility index (Phi) is 7.40. The first-order chi connectivity index (χ1) is 16.6. The van der Waals surface area contributed by atoms with E-state index < -0.39 is 12.0 Å². The second-order valence-corrected chi connectivity index (χ2v) is 8.13. The number of carbonyl (C=O) groups excluding carboxylic acids is 2. The molecule has 6 heteroatoms. The van der Waals surface area contributed by atoms with Gasteiger partial charge in [-0.25, -0.2) is 4.79 Å². The van der Waals surface area contributed by atoms with Crippen LogP contribution in [0, 0.1) is 0 Å². The lowest BCUT2D eigenvalue weighted by atomic mass is 9.99. The van der Waals surface area contributed by atoms with E-state index in [1.807, 2.05) is 84.9 Å². The van der Waals surface area contributed by atoms with Crippen molar-refractivity contribution in [2.24, 2.45) is 0 Å². The Morgan fingerprint density at radius 3 is 1.91 bits per heavy atom. The average molecular weight is 457 g/mol. The fourth-order valence-electron chi connectivity index (χ4n) is 4.29. The van der Waals surface area contributed by atoms with Crippen molar-refractivity contribution in [3.8, 4) is 0 Å². The zero-order chi connectivity index (χ0) is 23.9. The summed E-state index contributed by atoms with van der Waals surface area (Å²) in [4.78, 5) is 31.0. The summed E-state index contributed by atoms with van der Waals surface area (Å²) in [6, 6.07) is 27.1. The lowest BCUT2D eigenvalue weighted by Crippen LogP contribution is -2.43. The normalized spacial score (nSPS) is 12.0. The molecule has 34 heavy (non-hydrogen) atoms. The molecule has 0 aliphatic heterocycles. The van der Waals surface area contributed by atoms with Crippen LogP contribution in [0.4, 0.5) is 0 Å². The maximum Gasteiger partial charge on any atom is 0.354 e. The van der Waals surface area contributed by atoms with E-state index in [4.69, 9.17) is 9.47 Å². The third-order valence-corrected chi connectivity index (χ3v) is 5.97. The smallest absolute Gasteiger partial charge is 0.354 e. The van der Waals surface area contributed by atoms with Crippen LogP contribution in [0.2, 0.25) is 0 Å². The van der Waals surface area contributed by atoms with Crippen molar-refractivity contribution < 1.29 is 19.1 Å². The van der Waals surface area contributed by atoms with Gasteiger partial charge in [0.25, 0.3) is 0 Å². The minimum atomic E-state index is -0.618. The summed E-state index contributed by atoms with van der Waals surface area (Å²) in [5.74, 6) is -0.819. The van der Waals surface area contributed by atoms with Crippen molar-refractivity contribution in [1.29, 1.82) is 0 Å². The number of benzene rings is 3. The van der Waals surface area contributed by atoms with E-state index >= 15 is 0 Å². The van der Waals surface area contributed by atoms with E-state index in [2.05, 4.69) is 9.88 Å². The number of nitrogens with zero attached hydrogens (tertiary/aromatic N) is 1. The van der Waals surface area contributed by atoms with Crippen LogP contribution in [-0.4, -0.2) is 42.1 Å². The van der Waals surface area contributed by atoms with Gasteiger partial charge in [0, 0.05) is 30.4 Å². The van der Waals surface area contributed by atoms with Crippen LogP contribution in [0.5, 0.6) is 0 Å². The molecule has 0 radical (unpaired) electrons. The molecule has 0 amide bonds. The molecule has 0 saturated carbocycles. The molecule has 0 aliphatic rings. The van der Waals surface area contributed by atoms with Crippen LogP contribution in [0.25, 0.3) is 10.9 Å². The molecule has 4 rings (SSSR count). The zero-order valence-electron chi connectivity index (χ0n) is 19.4. The molecule has 0 unspecified atom stereocenters. The number of hydrogen-bond donors (Lipinski definition) is 1. The molecule has 174 valence electrons. The van der Waals surface area contributed by atoms with Crippen LogP contribution in [0.3, 0.4) is 0 Å². The third kappa shape index (κ3) is 5.18. The van der Waals surface area contributed by atoms with Crippen molar-refractivity contribution >= 4 is 22.8 Å². The number of para-hydroxylation sites is 1. The highest BCUT2D eigenvalue weighted by atomic mass is 16.5. The summed E-state index contributed by atoms with van der Waals surface area (Å²) in [6.45, 7) is 1.09. The van der Waals surface area contributed by atoms with E-state index in [9.17, 15) is 9.59 Å². The molecule has 4 aromatic rings. The monoisotopic (exact) mass is 456 g/mol. The van der Waals surface area contributed by atoms with Crippen molar-refractivity contribution in [2.45, 2.75) is 25.6 Å². The third-order valence-electron chi connectivity index (χ3n) is 5.97. The minimum absolute atomic E-state index is 0.292. The first-order valence-electron chi connectivity index (χ1n) is 11.2. The van der Waals surface area contributed by atoms with Crippen LogP contribution in [0.15, 0.2) is 84.9 Å². The number of esters is 2. The minimum Gasteiger partial charge on any atom is -0.468 e. The fraction of sp³-hybridized carbons (Fsp3) is 0.214. The van der Waals surface area contributed by atoms with Gasteiger partial charge in [0.1, 0.15) is 11.7 Å². The Labute approximate surface area is 199 Å². The topological polar surface area (TPSA) is 71.6 Å². The largest absolute Gasteiger partial charge is 0.468 e. The summed E-state index contributed by atoms with van der Waals surface area (Å²) >= 11 is 0. The summed E-state index contributed by atoms with van der Waals surface area (Å²) in [7, 11) is 2.75. The second kappa shape index (κ2) is 10.8. The summed E-state index contributed by atoms with van der Waals surface area (Å²) < 4.78 is 10.3. The number of aromatic nitrogens is 1. The fourth-order valence-corrected chi connectivity index (χ4v) is 4.29. The van der Waals surface area contributed by atoms with Gasteiger partial charge in [0.2, 0.25) is 0 Å². The number of ether oxygens (including phenoxy) is 2. The van der Waals surface area contributed by atoms with Gasteiger partial charge in [-0.15, -0.1) is 0 Å². The molecule has 0 spiro atoms.